The summed E-state index contributed by atoms with van der Waals surface area (Å²) >= 11 is 3.49. The summed E-state index contributed by atoms with van der Waals surface area (Å²) in [4.78, 5) is 14.0. The molecule has 0 saturated heterocycles. The quantitative estimate of drug-likeness (QED) is 0.644. The Kier molecular flexibility index (Phi) is 5.61. The number of rotatable bonds is 5. The molecule has 1 N–H and O–H groups in total. The summed E-state index contributed by atoms with van der Waals surface area (Å²) in [6.45, 7) is 0.244. The van der Waals surface area contributed by atoms with Crippen molar-refractivity contribution < 1.29 is 9.21 Å². The Balaban J connectivity index is 2.13. The number of amides is 1. The van der Waals surface area contributed by atoms with Crippen molar-refractivity contribution in [3.05, 3.63) is 58.0 Å². The zero-order chi connectivity index (χ0) is 16.8. The van der Waals surface area contributed by atoms with E-state index in [4.69, 9.17) is 4.42 Å². The molecule has 0 aliphatic heterocycles. The van der Waals surface area contributed by atoms with Crippen LogP contribution in [0.5, 0.6) is 0 Å². The molecule has 0 unspecified atom stereocenters. The van der Waals surface area contributed by atoms with Crippen molar-refractivity contribution in [2.24, 2.45) is 0 Å². The first-order valence-corrected chi connectivity index (χ1v) is 7.70. The van der Waals surface area contributed by atoms with Crippen LogP contribution in [0.25, 0.3) is 6.08 Å². The van der Waals surface area contributed by atoms with E-state index in [0.717, 1.165) is 15.7 Å². The number of furan rings is 1. The molecular weight excluding hydrogens is 358 g/mol. The Bertz CT molecular complexity index is 759. The van der Waals surface area contributed by atoms with E-state index in [1.807, 2.05) is 43.3 Å². The molecule has 5 nitrogen and oxygen atoms in total. The molecule has 2 rings (SSSR count). The molecule has 1 amide bonds. The summed E-state index contributed by atoms with van der Waals surface area (Å²) < 4.78 is 6.03. The number of nitrogens with one attached hydrogen (secondary N) is 1. The molecule has 118 valence electrons. The van der Waals surface area contributed by atoms with Crippen molar-refractivity contribution in [1.29, 1.82) is 5.26 Å². The average molecular weight is 374 g/mol. The lowest BCUT2D eigenvalue weighted by molar-refractivity contribution is -0.117. The van der Waals surface area contributed by atoms with Crippen molar-refractivity contribution in [3.63, 3.8) is 0 Å². The number of anilines is 1. The average Bonchev–Trinajstić information content (AvgIpc) is 3.03. The Labute approximate surface area is 143 Å². The predicted molar refractivity (Wildman–Crippen MR) is 92.6 cm³/mol. The van der Waals surface area contributed by atoms with E-state index < -0.39 is 5.91 Å². The van der Waals surface area contributed by atoms with Gasteiger partial charge in [-0.25, -0.2) is 0 Å². The lowest BCUT2D eigenvalue weighted by Crippen LogP contribution is -2.23. The van der Waals surface area contributed by atoms with E-state index in [2.05, 4.69) is 21.2 Å². The lowest BCUT2D eigenvalue weighted by Gasteiger charge is -2.14. The van der Waals surface area contributed by atoms with Gasteiger partial charge in [-0.1, -0.05) is 6.07 Å². The van der Waals surface area contributed by atoms with Crippen LogP contribution in [0.1, 0.15) is 11.3 Å². The van der Waals surface area contributed by atoms with Gasteiger partial charge in [-0.3, -0.25) is 4.79 Å². The summed E-state index contributed by atoms with van der Waals surface area (Å²) in [5, 5.41) is 11.9. The molecule has 1 aromatic carbocycles. The highest BCUT2D eigenvalue weighted by Crippen LogP contribution is 2.26. The normalized spacial score (nSPS) is 11.0. The molecule has 6 heteroatoms. The minimum absolute atomic E-state index is 0.0426. The lowest BCUT2D eigenvalue weighted by atomic mass is 10.1. The fourth-order valence-corrected chi connectivity index (χ4v) is 2.72. The third-order valence-electron chi connectivity index (χ3n) is 3.13. The SMILES string of the molecule is CN(C)c1ccc(/C=C(\C#N)C(=O)NCc2ccco2)cc1Br. The standard InChI is InChI=1S/C17H16BrN3O2/c1-21(2)16-6-5-12(9-15(16)18)8-13(10-19)17(22)20-11-14-4-3-7-23-14/h3-9H,11H2,1-2H3,(H,20,22)/b13-8+. The van der Waals surface area contributed by atoms with Gasteiger partial charge in [0.15, 0.2) is 0 Å². The second-order valence-corrected chi connectivity index (χ2v) is 5.89. The highest BCUT2D eigenvalue weighted by atomic mass is 79.9. The van der Waals surface area contributed by atoms with Crippen LogP contribution in [0, 0.1) is 11.3 Å². The Morgan fingerprint density at radius 3 is 2.78 bits per heavy atom. The third-order valence-corrected chi connectivity index (χ3v) is 3.77. The molecule has 1 aromatic heterocycles. The van der Waals surface area contributed by atoms with Crippen molar-refractivity contribution in [2.75, 3.05) is 19.0 Å². The maximum absolute atomic E-state index is 12.1. The second kappa shape index (κ2) is 7.65. The number of nitrogens with zero attached hydrogens (tertiary/aromatic N) is 2. The third kappa shape index (κ3) is 4.47. The maximum atomic E-state index is 12.1. The molecular formula is C17H16BrN3O2. The molecule has 0 bridgehead atoms. The number of hydrogen-bond donors (Lipinski definition) is 1. The van der Waals surface area contributed by atoms with E-state index >= 15 is 0 Å². The van der Waals surface area contributed by atoms with Crippen molar-refractivity contribution in [2.45, 2.75) is 6.54 Å². The fourth-order valence-electron chi connectivity index (χ4n) is 1.97. The zero-order valence-corrected chi connectivity index (χ0v) is 14.4. The fraction of sp³-hybridized carbons (Fsp3) is 0.176. The molecule has 0 saturated carbocycles. The smallest absolute Gasteiger partial charge is 0.262 e. The van der Waals surface area contributed by atoms with Gasteiger partial charge in [0.05, 0.1) is 18.5 Å². The topological polar surface area (TPSA) is 69.3 Å². The van der Waals surface area contributed by atoms with Crippen LogP contribution < -0.4 is 10.2 Å². The highest BCUT2D eigenvalue weighted by molar-refractivity contribution is 9.10. The Morgan fingerprint density at radius 2 is 2.22 bits per heavy atom. The van der Waals surface area contributed by atoms with Gasteiger partial charge < -0.3 is 14.6 Å². The summed E-state index contributed by atoms with van der Waals surface area (Å²) in [5.74, 6) is 0.199. The van der Waals surface area contributed by atoms with Gasteiger partial charge in [0.25, 0.3) is 5.91 Å². The van der Waals surface area contributed by atoms with E-state index in [0.29, 0.717) is 5.76 Å². The van der Waals surface area contributed by atoms with Gasteiger partial charge in [0.1, 0.15) is 17.4 Å². The summed E-state index contributed by atoms with van der Waals surface area (Å²) in [6.07, 6.45) is 3.09. The summed E-state index contributed by atoms with van der Waals surface area (Å²) in [6, 6.07) is 11.1. The summed E-state index contributed by atoms with van der Waals surface area (Å²) in [7, 11) is 3.89. The molecule has 2 aromatic rings. The van der Waals surface area contributed by atoms with E-state index in [-0.39, 0.29) is 12.1 Å². The molecule has 1 heterocycles. The van der Waals surface area contributed by atoms with E-state index in [1.165, 1.54) is 6.26 Å². The first kappa shape index (κ1) is 16.8. The predicted octanol–water partition coefficient (Wildman–Crippen LogP) is 3.33. The van der Waals surface area contributed by atoms with Crippen LogP contribution in [0.4, 0.5) is 5.69 Å². The van der Waals surface area contributed by atoms with Gasteiger partial charge in [0, 0.05) is 18.6 Å². The van der Waals surface area contributed by atoms with Gasteiger partial charge in [-0.15, -0.1) is 0 Å². The number of hydrogen-bond acceptors (Lipinski definition) is 4. The molecule has 0 fully saturated rings. The number of halogens is 1. The van der Waals surface area contributed by atoms with Crippen LogP contribution in [0.3, 0.4) is 0 Å². The van der Waals surface area contributed by atoms with Crippen molar-refractivity contribution in [1.82, 2.24) is 5.32 Å². The van der Waals surface area contributed by atoms with Gasteiger partial charge in [-0.05, 0) is 51.8 Å². The monoisotopic (exact) mass is 373 g/mol. The first-order valence-electron chi connectivity index (χ1n) is 6.90. The van der Waals surface area contributed by atoms with Crippen LogP contribution in [-0.4, -0.2) is 20.0 Å². The molecule has 0 atom stereocenters. The minimum atomic E-state index is -0.434. The molecule has 23 heavy (non-hydrogen) atoms. The van der Waals surface area contributed by atoms with Crippen LogP contribution in [0.2, 0.25) is 0 Å². The van der Waals surface area contributed by atoms with Crippen LogP contribution >= 0.6 is 15.9 Å². The number of benzene rings is 1. The maximum Gasteiger partial charge on any atom is 0.262 e. The van der Waals surface area contributed by atoms with Crippen LogP contribution in [0.15, 0.2) is 51.1 Å². The van der Waals surface area contributed by atoms with Gasteiger partial charge >= 0.3 is 0 Å². The molecule has 0 aliphatic carbocycles. The van der Waals surface area contributed by atoms with E-state index in [9.17, 15) is 10.1 Å². The molecule has 0 radical (unpaired) electrons. The van der Waals surface area contributed by atoms with Gasteiger partial charge in [-0.2, -0.15) is 5.26 Å². The molecule has 0 aliphatic rings. The number of carbonyl (C=O) groups excluding carboxylic acids is 1. The zero-order valence-electron chi connectivity index (χ0n) is 12.8. The number of carbonyl (C=O) groups is 1. The highest BCUT2D eigenvalue weighted by Gasteiger charge is 2.10. The molecule has 0 spiro atoms. The summed E-state index contributed by atoms with van der Waals surface area (Å²) in [5.41, 5.74) is 1.83. The second-order valence-electron chi connectivity index (χ2n) is 5.04. The van der Waals surface area contributed by atoms with Crippen LogP contribution in [-0.2, 0) is 11.3 Å². The Morgan fingerprint density at radius 1 is 1.43 bits per heavy atom. The van der Waals surface area contributed by atoms with Gasteiger partial charge in [0.2, 0.25) is 0 Å². The van der Waals surface area contributed by atoms with Crippen molar-refractivity contribution >= 4 is 33.6 Å². The van der Waals surface area contributed by atoms with E-state index in [1.54, 1.807) is 18.2 Å². The Hall–Kier alpha value is -2.52. The minimum Gasteiger partial charge on any atom is -0.467 e. The first-order chi connectivity index (χ1) is 11.0. The number of nitriles is 1. The van der Waals surface area contributed by atoms with Crippen molar-refractivity contribution in [3.8, 4) is 6.07 Å². The largest absolute Gasteiger partial charge is 0.467 e.